The van der Waals surface area contributed by atoms with E-state index >= 15 is 0 Å². The van der Waals surface area contributed by atoms with Gasteiger partial charge in [-0.2, -0.15) is 0 Å². The van der Waals surface area contributed by atoms with Gasteiger partial charge in [-0.1, -0.05) is 39.7 Å². The van der Waals surface area contributed by atoms with Crippen LogP contribution in [0.15, 0.2) is 76.1 Å². The van der Waals surface area contributed by atoms with Crippen LogP contribution in [0.5, 0.6) is 11.5 Å². The molecule has 7 nitrogen and oxygen atoms in total. The van der Waals surface area contributed by atoms with Crippen molar-refractivity contribution in [3.8, 4) is 11.5 Å². The second kappa shape index (κ2) is 10.1. The summed E-state index contributed by atoms with van der Waals surface area (Å²) in [6.45, 7) is 5.41. The van der Waals surface area contributed by atoms with E-state index < -0.39 is 21.5 Å². The molecule has 4 rings (SSSR count). The number of carbonyl (C=O) groups excluding carboxylic acids is 1. The lowest BCUT2D eigenvalue weighted by atomic mass is 9.89. The number of nitrogens with one attached hydrogen (secondary N) is 1. The highest BCUT2D eigenvalue weighted by molar-refractivity contribution is 9.10. The fourth-order valence-electron chi connectivity index (χ4n) is 4.24. The lowest BCUT2D eigenvalue weighted by molar-refractivity contribution is -0.120. The van der Waals surface area contributed by atoms with Gasteiger partial charge in [0.25, 0.3) is 10.0 Å². The van der Waals surface area contributed by atoms with Crippen molar-refractivity contribution in [2.45, 2.75) is 43.7 Å². The first-order valence-electron chi connectivity index (χ1n) is 11.5. The third-order valence-electron chi connectivity index (χ3n) is 6.00. The van der Waals surface area contributed by atoms with Crippen LogP contribution in [-0.2, 0) is 14.8 Å². The minimum Gasteiger partial charge on any atom is -0.497 e. The summed E-state index contributed by atoms with van der Waals surface area (Å²) in [7, 11) is -2.43. The number of sulfonamides is 1. The highest BCUT2D eigenvalue weighted by atomic mass is 79.9. The predicted octanol–water partition coefficient (Wildman–Crippen LogP) is 5.38. The fourth-order valence-corrected chi connectivity index (χ4v) is 6.04. The Morgan fingerprint density at radius 2 is 1.86 bits per heavy atom. The summed E-state index contributed by atoms with van der Waals surface area (Å²) in [6, 6.07) is 18.6. The second-order valence-corrected chi connectivity index (χ2v) is 12.2. The topological polar surface area (TPSA) is 84.9 Å². The van der Waals surface area contributed by atoms with E-state index in [0.717, 1.165) is 15.4 Å². The van der Waals surface area contributed by atoms with Crippen LogP contribution in [0.2, 0.25) is 0 Å². The van der Waals surface area contributed by atoms with Gasteiger partial charge in [0.15, 0.2) is 0 Å². The summed E-state index contributed by atoms with van der Waals surface area (Å²) in [5.74, 6) is 0.879. The third kappa shape index (κ3) is 5.68. The maximum absolute atomic E-state index is 13.7. The van der Waals surface area contributed by atoms with Crippen molar-refractivity contribution in [1.29, 1.82) is 0 Å². The highest BCUT2D eigenvalue weighted by Crippen LogP contribution is 2.41. The Bertz CT molecular complexity index is 1370. The van der Waals surface area contributed by atoms with Gasteiger partial charge in [0.2, 0.25) is 5.91 Å². The molecule has 0 fully saturated rings. The average molecular weight is 574 g/mol. The molecule has 0 bridgehead atoms. The number of anilines is 1. The van der Waals surface area contributed by atoms with Crippen molar-refractivity contribution >= 4 is 37.5 Å². The fraction of sp³-hybridized carbons (Fsp3) is 0.296. The van der Waals surface area contributed by atoms with Gasteiger partial charge in [-0.25, -0.2) is 8.42 Å². The Morgan fingerprint density at radius 1 is 1.14 bits per heavy atom. The SMILES string of the molecule is COc1ccc2c(c1)C(NC(=O)CN(c1cccc(Br)c1)S(=O)(=O)c1ccc(C)cc1)CC(C)(C)O2. The van der Waals surface area contributed by atoms with Crippen molar-refractivity contribution < 1.29 is 22.7 Å². The maximum atomic E-state index is 13.7. The zero-order valence-electron chi connectivity index (χ0n) is 20.6. The van der Waals surface area contributed by atoms with Gasteiger partial charge in [0.05, 0.1) is 23.7 Å². The zero-order valence-corrected chi connectivity index (χ0v) is 23.0. The lowest BCUT2D eigenvalue weighted by Crippen LogP contribution is -2.45. The summed E-state index contributed by atoms with van der Waals surface area (Å²) >= 11 is 3.41. The van der Waals surface area contributed by atoms with Gasteiger partial charge in [-0.3, -0.25) is 9.10 Å². The van der Waals surface area contributed by atoms with E-state index in [9.17, 15) is 13.2 Å². The number of hydrogen-bond acceptors (Lipinski definition) is 5. The first-order chi connectivity index (χ1) is 17.0. The summed E-state index contributed by atoms with van der Waals surface area (Å²) in [5.41, 5.74) is 1.60. The van der Waals surface area contributed by atoms with Crippen molar-refractivity contribution in [3.05, 3.63) is 82.3 Å². The van der Waals surface area contributed by atoms with E-state index in [1.807, 2.05) is 39.0 Å². The Hall–Kier alpha value is -3.04. The Balaban J connectivity index is 1.66. The van der Waals surface area contributed by atoms with E-state index in [-0.39, 0.29) is 17.5 Å². The van der Waals surface area contributed by atoms with Gasteiger partial charge < -0.3 is 14.8 Å². The minimum absolute atomic E-state index is 0.114. The standard InChI is InChI=1S/C27H29BrN2O5S/c1-18-8-11-22(12-9-18)36(32,33)30(20-7-5-6-19(28)14-20)17-26(31)29-24-16-27(2,3)35-25-13-10-21(34-4)15-23(24)25/h5-15,24H,16-17H2,1-4H3,(H,29,31). The molecule has 0 spiro atoms. The molecule has 1 N–H and O–H groups in total. The van der Waals surface area contributed by atoms with Crippen LogP contribution in [0.1, 0.15) is 37.4 Å². The van der Waals surface area contributed by atoms with Crippen LogP contribution in [-0.4, -0.2) is 33.6 Å². The van der Waals surface area contributed by atoms with Crippen LogP contribution < -0.4 is 19.1 Å². The second-order valence-electron chi connectivity index (χ2n) is 9.39. The van der Waals surface area contributed by atoms with Crippen LogP contribution in [0.3, 0.4) is 0 Å². The number of amides is 1. The van der Waals surface area contributed by atoms with E-state index in [4.69, 9.17) is 9.47 Å². The molecule has 190 valence electrons. The van der Waals surface area contributed by atoms with Crippen LogP contribution >= 0.6 is 15.9 Å². The average Bonchev–Trinajstić information content (AvgIpc) is 2.82. The van der Waals surface area contributed by atoms with Crippen molar-refractivity contribution in [3.63, 3.8) is 0 Å². The molecule has 1 heterocycles. The summed E-state index contributed by atoms with van der Waals surface area (Å²) in [6.07, 6.45) is 0.514. The Kier molecular flexibility index (Phi) is 7.33. The van der Waals surface area contributed by atoms with Crippen molar-refractivity contribution in [2.24, 2.45) is 0 Å². The molecule has 1 amide bonds. The molecule has 0 saturated heterocycles. The monoisotopic (exact) mass is 572 g/mol. The smallest absolute Gasteiger partial charge is 0.264 e. The van der Waals surface area contributed by atoms with Crippen LogP contribution in [0, 0.1) is 6.92 Å². The summed E-state index contributed by atoms with van der Waals surface area (Å²) in [5, 5.41) is 3.04. The minimum atomic E-state index is -4.01. The van der Waals surface area contributed by atoms with E-state index in [0.29, 0.717) is 28.1 Å². The molecule has 0 aromatic heterocycles. The lowest BCUT2D eigenvalue weighted by Gasteiger charge is -2.38. The van der Waals surface area contributed by atoms with Crippen LogP contribution in [0.25, 0.3) is 0 Å². The van der Waals surface area contributed by atoms with Gasteiger partial charge in [-0.05, 0) is 69.3 Å². The van der Waals surface area contributed by atoms with Gasteiger partial charge in [-0.15, -0.1) is 0 Å². The molecule has 1 aliphatic heterocycles. The molecule has 3 aromatic carbocycles. The molecule has 3 aromatic rings. The molecule has 0 radical (unpaired) electrons. The molecule has 1 atom stereocenters. The number of nitrogens with zero attached hydrogens (tertiary/aromatic N) is 1. The zero-order chi connectivity index (χ0) is 26.1. The quantitative estimate of drug-likeness (QED) is 0.411. The van der Waals surface area contributed by atoms with E-state index in [2.05, 4.69) is 21.2 Å². The highest BCUT2D eigenvalue weighted by Gasteiger charge is 2.36. The number of aryl methyl sites for hydroxylation is 1. The first kappa shape index (κ1) is 26.0. The summed E-state index contributed by atoms with van der Waals surface area (Å²) in [4.78, 5) is 13.5. The van der Waals surface area contributed by atoms with Crippen molar-refractivity contribution in [2.75, 3.05) is 18.0 Å². The van der Waals surface area contributed by atoms with Gasteiger partial charge in [0.1, 0.15) is 23.6 Å². The predicted molar refractivity (Wildman–Crippen MR) is 143 cm³/mol. The normalized spacial score (nSPS) is 16.4. The maximum Gasteiger partial charge on any atom is 0.264 e. The van der Waals surface area contributed by atoms with Crippen LogP contribution in [0.4, 0.5) is 5.69 Å². The largest absolute Gasteiger partial charge is 0.497 e. The number of benzene rings is 3. The summed E-state index contributed by atoms with van der Waals surface area (Å²) < 4.78 is 40.6. The molecule has 0 saturated carbocycles. The number of ether oxygens (including phenoxy) is 2. The number of rotatable bonds is 7. The molecule has 0 aliphatic carbocycles. The number of fused-ring (bicyclic) bond motifs is 1. The third-order valence-corrected chi connectivity index (χ3v) is 8.28. The van der Waals surface area contributed by atoms with Gasteiger partial charge >= 0.3 is 0 Å². The molecule has 9 heteroatoms. The Labute approximate surface area is 220 Å². The molecule has 36 heavy (non-hydrogen) atoms. The van der Waals surface area contributed by atoms with E-state index in [1.165, 1.54) is 0 Å². The first-order valence-corrected chi connectivity index (χ1v) is 13.7. The molecular formula is C27H29BrN2O5S. The molecule has 1 unspecified atom stereocenters. The Morgan fingerprint density at radius 3 is 2.53 bits per heavy atom. The van der Waals surface area contributed by atoms with Crippen molar-refractivity contribution in [1.82, 2.24) is 5.32 Å². The van der Waals surface area contributed by atoms with Gasteiger partial charge in [0, 0.05) is 16.5 Å². The molecule has 1 aliphatic rings. The number of hydrogen-bond donors (Lipinski definition) is 1. The number of halogens is 1. The molecular weight excluding hydrogens is 544 g/mol. The number of methoxy groups -OCH3 is 1. The number of carbonyl (C=O) groups is 1. The van der Waals surface area contributed by atoms with E-state index in [1.54, 1.807) is 55.6 Å².